The highest BCUT2D eigenvalue weighted by Gasteiger charge is 2.58. The van der Waals surface area contributed by atoms with Crippen molar-refractivity contribution in [1.82, 2.24) is 25.3 Å². The number of ether oxygens (including phenoxy) is 1. The smallest absolute Gasteiger partial charge is 0.246 e. The Morgan fingerprint density at radius 2 is 2.07 bits per heavy atom. The number of benzene rings is 1. The van der Waals surface area contributed by atoms with Crippen molar-refractivity contribution in [3.63, 3.8) is 0 Å². The highest BCUT2D eigenvalue weighted by molar-refractivity contribution is 8.00. The maximum absolute atomic E-state index is 14.7. The molecule has 1 aromatic carbocycles. The van der Waals surface area contributed by atoms with Crippen molar-refractivity contribution in [2.45, 2.75) is 86.1 Å². The number of thioether (sulfide) groups is 1. The lowest BCUT2D eigenvalue weighted by molar-refractivity contribution is -0.145. The van der Waals surface area contributed by atoms with E-state index in [9.17, 15) is 14.9 Å². The lowest BCUT2D eigenvalue weighted by Crippen LogP contribution is -2.75. The third kappa shape index (κ3) is 5.33. The summed E-state index contributed by atoms with van der Waals surface area (Å²) in [4.78, 5) is 33.7. The number of rotatable bonds is 6. The fourth-order valence-corrected chi connectivity index (χ4v) is 9.68. The van der Waals surface area contributed by atoms with Crippen molar-refractivity contribution in [2.75, 3.05) is 39.8 Å². The molecule has 9 nitrogen and oxygen atoms in total. The van der Waals surface area contributed by atoms with Gasteiger partial charge in [0.2, 0.25) is 5.91 Å². The lowest BCUT2D eigenvalue weighted by Gasteiger charge is -2.56. The molecule has 0 bridgehead atoms. The molecule has 4 aliphatic heterocycles. The second-order valence-corrected chi connectivity index (χ2v) is 14.0. The first-order valence-electron chi connectivity index (χ1n) is 15.5. The van der Waals surface area contributed by atoms with Crippen molar-refractivity contribution in [1.29, 1.82) is 5.26 Å². The summed E-state index contributed by atoms with van der Waals surface area (Å²) in [7, 11) is 2.15. The standard InChI is InChI=1S/C32H44N6O3S/c1-4-27(39)38-17-16-37(18-23(38)12-14-33)30-26-11-13-32(21(2)25-10-6-5-8-22(25)20-42-32)29(40)28(26)34-31(35-30)41-19-24-9-7-15-36(24)3/h4-6,8,10,21,23-24,26,28,30-31,34-35H,1,7,9,11-13,15-20H2,2-3H3/t21?,23?,24?,26?,28?,30?,31?,32-/m1/s1. The SMILES string of the molecule is C=CC(=O)N1CCN(C2NC(OCC3CCCN3C)NC3C(=O)[C@]4(CCC32)SCc2ccccc2C4C)CC1CC#N. The summed E-state index contributed by atoms with van der Waals surface area (Å²) in [6.07, 6.45) is 5.08. The van der Waals surface area contributed by atoms with E-state index >= 15 is 0 Å². The number of ketones is 1. The number of nitrogens with one attached hydrogen (secondary N) is 2. The van der Waals surface area contributed by atoms with Crippen LogP contribution in [0.25, 0.3) is 0 Å². The predicted octanol–water partition coefficient (Wildman–Crippen LogP) is 2.65. The van der Waals surface area contributed by atoms with Gasteiger partial charge >= 0.3 is 0 Å². The Morgan fingerprint density at radius 3 is 2.83 bits per heavy atom. The molecular weight excluding hydrogens is 548 g/mol. The van der Waals surface area contributed by atoms with E-state index in [0.29, 0.717) is 32.3 Å². The van der Waals surface area contributed by atoms with Gasteiger partial charge in [0.1, 0.15) is 0 Å². The van der Waals surface area contributed by atoms with Crippen molar-refractivity contribution < 1.29 is 14.3 Å². The van der Waals surface area contributed by atoms with Crippen LogP contribution in [-0.2, 0) is 20.1 Å². The largest absolute Gasteiger partial charge is 0.348 e. The summed E-state index contributed by atoms with van der Waals surface area (Å²) in [5, 5.41) is 16.9. The maximum atomic E-state index is 14.7. The molecule has 5 aliphatic rings. The minimum Gasteiger partial charge on any atom is -0.348 e. The number of nitrogens with zero attached hydrogens (tertiary/aromatic N) is 4. The molecule has 10 heteroatoms. The first-order valence-corrected chi connectivity index (χ1v) is 16.5. The molecule has 0 aromatic heterocycles. The van der Waals surface area contributed by atoms with Gasteiger partial charge in [-0.15, -0.1) is 11.8 Å². The molecule has 1 saturated carbocycles. The number of hydrogen-bond donors (Lipinski definition) is 2. The number of likely N-dealkylation sites (N-methyl/N-ethyl adjacent to an activating group) is 1. The van der Waals surface area contributed by atoms with Crippen LogP contribution in [0.5, 0.6) is 0 Å². The van der Waals surface area contributed by atoms with Gasteiger partial charge in [-0.25, -0.2) is 0 Å². The number of nitriles is 1. The van der Waals surface area contributed by atoms with Gasteiger partial charge in [0, 0.05) is 43.3 Å². The molecular formula is C32H44N6O3S. The Bertz CT molecular complexity index is 1240. The number of Topliss-reactive ketones (excluding diaryl/α,β-unsaturated/α-hetero) is 1. The van der Waals surface area contributed by atoms with Gasteiger partial charge in [-0.3, -0.25) is 25.1 Å². The first kappa shape index (κ1) is 29.8. The zero-order valence-corrected chi connectivity index (χ0v) is 25.7. The third-order valence-electron chi connectivity index (χ3n) is 10.6. The van der Waals surface area contributed by atoms with Gasteiger partial charge in [0.25, 0.3) is 0 Å². The molecule has 1 spiro atoms. The van der Waals surface area contributed by atoms with Crippen LogP contribution >= 0.6 is 11.8 Å². The van der Waals surface area contributed by atoms with E-state index in [4.69, 9.17) is 4.74 Å². The summed E-state index contributed by atoms with van der Waals surface area (Å²) in [5.41, 5.74) is 2.64. The van der Waals surface area contributed by atoms with Gasteiger partial charge < -0.3 is 14.5 Å². The Morgan fingerprint density at radius 1 is 1.24 bits per heavy atom. The van der Waals surface area contributed by atoms with Gasteiger partial charge in [-0.1, -0.05) is 37.8 Å². The highest BCUT2D eigenvalue weighted by Crippen LogP contribution is 2.54. The van der Waals surface area contributed by atoms with Crippen LogP contribution in [0.2, 0.25) is 0 Å². The van der Waals surface area contributed by atoms with Crippen molar-refractivity contribution in [3.05, 3.63) is 48.0 Å². The minimum absolute atomic E-state index is 0.0616. The number of carbonyl (C=O) groups excluding carboxylic acids is 2. The Kier molecular flexibility index (Phi) is 8.79. The molecule has 226 valence electrons. The number of carbonyl (C=O) groups is 2. The molecule has 1 aliphatic carbocycles. The van der Waals surface area contributed by atoms with E-state index in [2.05, 4.69) is 71.3 Å². The van der Waals surface area contributed by atoms with Crippen LogP contribution in [0.15, 0.2) is 36.9 Å². The predicted molar refractivity (Wildman–Crippen MR) is 163 cm³/mol. The van der Waals surface area contributed by atoms with Gasteiger partial charge in [-0.05, 0) is 56.5 Å². The number of fused-ring (bicyclic) bond motifs is 2. The number of likely N-dealkylation sites (tertiary alicyclic amines) is 1. The molecule has 1 aromatic rings. The van der Waals surface area contributed by atoms with Crippen molar-refractivity contribution in [2.24, 2.45) is 5.92 Å². The summed E-state index contributed by atoms with van der Waals surface area (Å²) in [5.74, 6) is 1.21. The Labute approximate surface area is 254 Å². The summed E-state index contributed by atoms with van der Waals surface area (Å²) in [6.45, 7) is 9.34. The normalized spacial score (nSPS) is 37.2. The van der Waals surface area contributed by atoms with Crippen LogP contribution in [0.1, 0.15) is 56.1 Å². The van der Waals surface area contributed by atoms with E-state index < -0.39 is 11.1 Å². The van der Waals surface area contributed by atoms with Crippen LogP contribution in [0.4, 0.5) is 0 Å². The molecule has 6 rings (SSSR count). The van der Waals surface area contributed by atoms with E-state index in [1.807, 2.05) is 11.8 Å². The van der Waals surface area contributed by atoms with Crippen molar-refractivity contribution >= 4 is 23.5 Å². The maximum Gasteiger partial charge on any atom is 0.246 e. The average molecular weight is 593 g/mol. The van der Waals surface area contributed by atoms with E-state index in [1.165, 1.54) is 23.6 Å². The van der Waals surface area contributed by atoms with E-state index in [1.54, 1.807) is 4.90 Å². The first-order chi connectivity index (χ1) is 20.4. The number of hydrogen-bond acceptors (Lipinski definition) is 9. The van der Waals surface area contributed by atoms with Gasteiger partial charge in [0.05, 0.1) is 42.1 Å². The summed E-state index contributed by atoms with van der Waals surface area (Å²) >= 11 is 1.83. The molecule has 3 saturated heterocycles. The van der Waals surface area contributed by atoms with Crippen molar-refractivity contribution in [3.8, 4) is 6.07 Å². The quantitative estimate of drug-likeness (QED) is 0.483. The molecule has 2 N–H and O–H groups in total. The fourth-order valence-electron chi connectivity index (χ4n) is 8.09. The second kappa shape index (κ2) is 12.4. The molecule has 42 heavy (non-hydrogen) atoms. The highest BCUT2D eigenvalue weighted by atomic mass is 32.2. The Balaban J connectivity index is 1.26. The molecule has 4 fully saturated rings. The van der Waals surface area contributed by atoms with Crippen LogP contribution in [-0.4, -0.2) is 102 Å². The van der Waals surface area contributed by atoms with Gasteiger partial charge in [-0.2, -0.15) is 5.26 Å². The average Bonchev–Trinajstić information content (AvgIpc) is 3.43. The zero-order chi connectivity index (χ0) is 29.4. The van der Waals surface area contributed by atoms with Crippen LogP contribution in [0.3, 0.4) is 0 Å². The molecule has 4 heterocycles. The molecule has 1 amide bonds. The molecule has 7 unspecified atom stereocenters. The van der Waals surface area contributed by atoms with Crippen LogP contribution in [0, 0.1) is 17.2 Å². The number of amides is 1. The van der Waals surface area contributed by atoms with Crippen LogP contribution < -0.4 is 10.6 Å². The Hall–Kier alpha value is -2.26. The summed E-state index contributed by atoms with van der Waals surface area (Å²) < 4.78 is 6.03. The minimum atomic E-state index is -0.459. The van der Waals surface area contributed by atoms with E-state index in [0.717, 1.165) is 31.6 Å². The van der Waals surface area contributed by atoms with Gasteiger partial charge in [0.15, 0.2) is 12.1 Å². The zero-order valence-electron chi connectivity index (χ0n) is 24.8. The lowest BCUT2D eigenvalue weighted by atomic mass is 9.67. The third-order valence-corrected chi connectivity index (χ3v) is 12.3. The fraction of sp³-hybridized carbons (Fsp3) is 0.656. The monoisotopic (exact) mass is 592 g/mol. The second-order valence-electron chi connectivity index (χ2n) is 12.7. The molecule has 8 atom stereocenters. The number of piperazine rings is 1. The molecule has 0 radical (unpaired) electrons. The van der Waals surface area contributed by atoms with E-state index in [-0.39, 0.29) is 48.2 Å². The summed E-state index contributed by atoms with van der Waals surface area (Å²) in [6, 6.07) is 10.7. The topological polar surface area (TPSA) is 101 Å².